The van der Waals surface area contributed by atoms with E-state index in [2.05, 4.69) is 10.3 Å². The first-order valence-corrected chi connectivity index (χ1v) is 7.10. The average Bonchev–Trinajstić information content (AvgIpc) is 2.81. The van der Waals surface area contributed by atoms with Crippen LogP contribution in [0.25, 0.3) is 0 Å². The second-order valence-electron chi connectivity index (χ2n) is 5.43. The van der Waals surface area contributed by atoms with Crippen LogP contribution in [0.2, 0.25) is 0 Å². The van der Waals surface area contributed by atoms with Gasteiger partial charge in [-0.15, -0.1) is 0 Å². The number of rotatable bonds is 6. The number of hydrogen-bond donors (Lipinski definition) is 2. The van der Waals surface area contributed by atoms with Gasteiger partial charge in [0.2, 0.25) is 0 Å². The molecule has 0 saturated heterocycles. The van der Waals surface area contributed by atoms with Crippen molar-refractivity contribution in [3.8, 4) is 0 Å². The number of aliphatic hydroxyl groups excluding tert-OH is 1. The maximum absolute atomic E-state index is 9.21. The Balaban J connectivity index is 1.85. The van der Waals surface area contributed by atoms with Crippen LogP contribution in [0.1, 0.15) is 44.2 Å². The second kappa shape index (κ2) is 6.90. The summed E-state index contributed by atoms with van der Waals surface area (Å²) in [6.07, 6.45) is 11.4. The molecule has 2 N–H and O–H groups in total. The molecule has 1 aliphatic carbocycles. The van der Waals surface area contributed by atoms with Crippen LogP contribution in [0, 0.1) is 5.92 Å². The number of imidazole rings is 1. The molecule has 1 heterocycles. The number of nitrogens with one attached hydrogen (secondary N) is 1. The maximum atomic E-state index is 9.21. The third kappa shape index (κ3) is 3.82. The van der Waals surface area contributed by atoms with E-state index in [1.165, 1.54) is 32.1 Å². The molecule has 0 bridgehead atoms. The van der Waals surface area contributed by atoms with Crippen molar-refractivity contribution in [1.82, 2.24) is 14.9 Å². The summed E-state index contributed by atoms with van der Waals surface area (Å²) in [4.78, 5) is 4.33. The minimum atomic E-state index is 0.274. The van der Waals surface area contributed by atoms with Crippen LogP contribution < -0.4 is 5.32 Å². The van der Waals surface area contributed by atoms with E-state index in [1.54, 1.807) is 0 Å². The topological polar surface area (TPSA) is 50.1 Å². The van der Waals surface area contributed by atoms with Crippen LogP contribution in [-0.4, -0.2) is 27.3 Å². The van der Waals surface area contributed by atoms with Crippen LogP contribution in [0.4, 0.5) is 0 Å². The Morgan fingerprint density at radius 3 is 2.83 bits per heavy atom. The molecule has 1 aromatic heterocycles. The van der Waals surface area contributed by atoms with Gasteiger partial charge in [0.15, 0.2) is 0 Å². The standard InChI is InChI=1S/C14H25N3O/c1-17-10-13(16-11-17)9-15-14(7-8-18)12-5-3-2-4-6-12/h10-12,14-15,18H,2-9H2,1H3/t14-/m0/s1. The van der Waals surface area contributed by atoms with Crippen molar-refractivity contribution in [3.63, 3.8) is 0 Å². The molecule has 4 nitrogen and oxygen atoms in total. The molecule has 2 rings (SSSR count). The summed E-state index contributed by atoms with van der Waals surface area (Å²) in [6, 6.07) is 0.442. The van der Waals surface area contributed by atoms with Gasteiger partial charge in [-0.1, -0.05) is 19.3 Å². The van der Waals surface area contributed by atoms with E-state index in [4.69, 9.17) is 0 Å². The summed E-state index contributed by atoms with van der Waals surface area (Å²) in [6.45, 7) is 1.08. The lowest BCUT2D eigenvalue weighted by Gasteiger charge is -2.30. The third-order valence-corrected chi connectivity index (χ3v) is 3.96. The summed E-state index contributed by atoms with van der Waals surface area (Å²) in [5.41, 5.74) is 1.08. The zero-order chi connectivity index (χ0) is 12.8. The van der Waals surface area contributed by atoms with Gasteiger partial charge in [0, 0.05) is 32.4 Å². The first-order chi connectivity index (χ1) is 8.79. The van der Waals surface area contributed by atoms with Gasteiger partial charge in [0.05, 0.1) is 12.0 Å². The molecule has 0 aromatic carbocycles. The van der Waals surface area contributed by atoms with E-state index >= 15 is 0 Å². The second-order valence-corrected chi connectivity index (χ2v) is 5.43. The normalized spacial score (nSPS) is 19.0. The molecule has 0 spiro atoms. The van der Waals surface area contributed by atoms with E-state index in [-0.39, 0.29) is 6.61 Å². The molecule has 0 amide bonds. The largest absolute Gasteiger partial charge is 0.396 e. The smallest absolute Gasteiger partial charge is 0.0947 e. The number of nitrogens with zero attached hydrogens (tertiary/aromatic N) is 2. The predicted molar refractivity (Wildman–Crippen MR) is 72.1 cm³/mol. The Labute approximate surface area is 109 Å². The molecule has 102 valence electrons. The molecular formula is C14H25N3O. The lowest BCUT2D eigenvalue weighted by Crippen LogP contribution is -2.37. The molecule has 1 aliphatic rings. The van der Waals surface area contributed by atoms with Crippen molar-refractivity contribution in [1.29, 1.82) is 0 Å². The monoisotopic (exact) mass is 251 g/mol. The van der Waals surface area contributed by atoms with E-state index in [9.17, 15) is 5.11 Å². The minimum Gasteiger partial charge on any atom is -0.396 e. The van der Waals surface area contributed by atoms with Gasteiger partial charge in [-0.3, -0.25) is 0 Å². The highest BCUT2D eigenvalue weighted by atomic mass is 16.3. The zero-order valence-electron chi connectivity index (χ0n) is 11.3. The fourth-order valence-corrected chi connectivity index (χ4v) is 2.97. The Morgan fingerprint density at radius 1 is 1.44 bits per heavy atom. The van der Waals surface area contributed by atoms with Crippen molar-refractivity contribution in [2.24, 2.45) is 13.0 Å². The Bertz CT molecular complexity index is 345. The van der Waals surface area contributed by atoms with Crippen LogP contribution in [0.3, 0.4) is 0 Å². The van der Waals surface area contributed by atoms with Crippen LogP contribution in [0.15, 0.2) is 12.5 Å². The number of aliphatic hydroxyl groups is 1. The maximum Gasteiger partial charge on any atom is 0.0947 e. The Morgan fingerprint density at radius 2 is 2.22 bits per heavy atom. The molecular weight excluding hydrogens is 226 g/mol. The van der Waals surface area contributed by atoms with Gasteiger partial charge in [-0.25, -0.2) is 4.98 Å². The highest BCUT2D eigenvalue weighted by Crippen LogP contribution is 2.27. The fraction of sp³-hybridized carbons (Fsp3) is 0.786. The molecule has 0 aliphatic heterocycles. The van der Waals surface area contributed by atoms with Crippen LogP contribution in [0.5, 0.6) is 0 Å². The minimum absolute atomic E-state index is 0.274. The third-order valence-electron chi connectivity index (χ3n) is 3.96. The molecule has 1 saturated carbocycles. The molecule has 1 fully saturated rings. The summed E-state index contributed by atoms with van der Waals surface area (Å²) in [5.74, 6) is 0.731. The Kier molecular flexibility index (Phi) is 5.20. The van der Waals surface area contributed by atoms with Gasteiger partial charge in [0.25, 0.3) is 0 Å². The fourth-order valence-electron chi connectivity index (χ4n) is 2.97. The van der Waals surface area contributed by atoms with E-state index in [0.717, 1.165) is 24.6 Å². The lowest BCUT2D eigenvalue weighted by atomic mass is 9.83. The van der Waals surface area contributed by atoms with Crippen molar-refractivity contribution in [3.05, 3.63) is 18.2 Å². The first-order valence-electron chi connectivity index (χ1n) is 7.10. The van der Waals surface area contributed by atoms with E-state index in [0.29, 0.717) is 6.04 Å². The number of aromatic nitrogens is 2. The summed E-state index contributed by atoms with van der Waals surface area (Å²) in [7, 11) is 1.99. The van der Waals surface area contributed by atoms with Crippen molar-refractivity contribution in [2.45, 2.75) is 51.1 Å². The van der Waals surface area contributed by atoms with Crippen LogP contribution >= 0.6 is 0 Å². The predicted octanol–water partition coefficient (Wildman–Crippen LogP) is 1.84. The molecule has 1 aromatic rings. The molecule has 1 atom stereocenters. The van der Waals surface area contributed by atoms with Gasteiger partial charge in [-0.05, 0) is 25.2 Å². The highest BCUT2D eigenvalue weighted by molar-refractivity contribution is 4.96. The average molecular weight is 251 g/mol. The van der Waals surface area contributed by atoms with Gasteiger partial charge in [0.1, 0.15) is 0 Å². The summed E-state index contributed by atoms with van der Waals surface area (Å²) < 4.78 is 1.97. The first kappa shape index (κ1) is 13.6. The molecule has 18 heavy (non-hydrogen) atoms. The highest BCUT2D eigenvalue weighted by Gasteiger charge is 2.22. The van der Waals surface area contributed by atoms with Gasteiger partial charge >= 0.3 is 0 Å². The van der Waals surface area contributed by atoms with Gasteiger partial charge < -0.3 is 15.0 Å². The summed E-state index contributed by atoms with van der Waals surface area (Å²) >= 11 is 0. The van der Waals surface area contributed by atoms with Crippen molar-refractivity contribution >= 4 is 0 Å². The lowest BCUT2D eigenvalue weighted by molar-refractivity contribution is 0.205. The van der Waals surface area contributed by atoms with E-state index in [1.807, 2.05) is 24.1 Å². The van der Waals surface area contributed by atoms with Crippen molar-refractivity contribution in [2.75, 3.05) is 6.61 Å². The molecule has 4 heteroatoms. The summed E-state index contributed by atoms with van der Waals surface area (Å²) in [5, 5.41) is 12.8. The molecule has 0 unspecified atom stereocenters. The Hall–Kier alpha value is -0.870. The van der Waals surface area contributed by atoms with Gasteiger partial charge in [-0.2, -0.15) is 0 Å². The van der Waals surface area contributed by atoms with E-state index < -0.39 is 0 Å². The SMILES string of the molecule is Cn1cnc(CN[C@@H](CCO)C2CCCCC2)c1. The molecule has 0 radical (unpaired) electrons. The zero-order valence-corrected chi connectivity index (χ0v) is 11.3. The number of hydrogen-bond acceptors (Lipinski definition) is 3. The number of aryl methyl sites for hydroxylation is 1. The quantitative estimate of drug-likeness (QED) is 0.811. The van der Waals surface area contributed by atoms with Crippen molar-refractivity contribution < 1.29 is 5.11 Å². The van der Waals surface area contributed by atoms with Crippen LogP contribution in [-0.2, 0) is 13.6 Å².